The molecule has 1 aromatic heterocycles. The van der Waals surface area contributed by atoms with Gasteiger partial charge in [-0.15, -0.1) is 11.3 Å². The minimum Gasteiger partial charge on any atom is -0.477 e. The van der Waals surface area contributed by atoms with E-state index in [1.807, 2.05) is 0 Å². The van der Waals surface area contributed by atoms with Crippen molar-refractivity contribution in [3.05, 3.63) is 10.9 Å². The van der Waals surface area contributed by atoms with Crippen molar-refractivity contribution in [2.24, 2.45) is 23.2 Å². The number of carboxylic acids is 1. The summed E-state index contributed by atoms with van der Waals surface area (Å²) in [5, 5.41) is 9.89. The van der Waals surface area contributed by atoms with E-state index in [0.717, 1.165) is 6.07 Å². The second-order valence-electron chi connectivity index (χ2n) is 3.02. The van der Waals surface area contributed by atoms with Gasteiger partial charge < -0.3 is 16.6 Å². The Hall–Kier alpha value is -2.37. The lowest BCUT2D eigenvalue weighted by atomic mass is 10.3. The van der Waals surface area contributed by atoms with Crippen LogP contribution < -0.4 is 33.2 Å². The van der Waals surface area contributed by atoms with Crippen molar-refractivity contribution >= 4 is 40.1 Å². The van der Waals surface area contributed by atoms with Gasteiger partial charge in [-0.05, 0) is 0 Å². The van der Waals surface area contributed by atoms with Gasteiger partial charge in [0.15, 0.2) is 0 Å². The highest BCUT2D eigenvalue weighted by molar-refractivity contribution is 7.18. The first kappa shape index (κ1) is 13.7. The molecule has 0 aromatic carbocycles. The van der Waals surface area contributed by atoms with E-state index in [1.54, 1.807) is 0 Å². The van der Waals surface area contributed by atoms with Gasteiger partial charge in [0.25, 0.3) is 0 Å². The number of hydrazine groups is 2. The predicted octanol–water partition coefficient (Wildman–Crippen LogP) is -1.04. The van der Waals surface area contributed by atoms with Crippen LogP contribution in [-0.2, 0) is 0 Å². The summed E-state index contributed by atoms with van der Waals surface area (Å²) in [7, 11) is 0. The molecular weight excluding hydrogens is 264 g/mol. The predicted molar refractivity (Wildman–Crippen MR) is 63.8 cm³/mol. The first-order chi connectivity index (χ1) is 8.25. The number of nitrogens with zero attached hydrogens (tertiary/aromatic N) is 2. The fraction of sp³-hybridized carbons (Fsp3) is 0. The van der Waals surface area contributed by atoms with Crippen molar-refractivity contribution in [1.29, 1.82) is 0 Å². The highest BCUT2D eigenvalue weighted by Gasteiger charge is 2.24. The average Bonchev–Trinajstić information content (AvgIpc) is 2.71. The second-order valence-corrected chi connectivity index (χ2v) is 4.05. The number of hydrogen-bond acceptors (Lipinski definition) is 6. The van der Waals surface area contributed by atoms with Crippen LogP contribution in [0.25, 0.3) is 0 Å². The number of nitrogens with two attached hydrogens (primary N) is 4. The number of carbonyl (C=O) groups excluding carboxylic acids is 2. The highest BCUT2D eigenvalue weighted by Crippen LogP contribution is 2.34. The molecule has 1 aromatic rings. The van der Waals surface area contributed by atoms with Crippen molar-refractivity contribution in [2.75, 3.05) is 10.0 Å². The molecule has 0 atom stereocenters. The molecule has 0 spiro atoms. The van der Waals surface area contributed by atoms with Crippen LogP contribution in [-0.4, -0.2) is 23.1 Å². The van der Waals surface area contributed by atoms with Crippen LogP contribution in [0.1, 0.15) is 9.67 Å². The van der Waals surface area contributed by atoms with Gasteiger partial charge in [0.1, 0.15) is 9.88 Å². The molecule has 1 heterocycles. The van der Waals surface area contributed by atoms with Gasteiger partial charge in [0, 0.05) is 6.07 Å². The Kier molecular flexibility index (Phi) is 3.70. The zero-order valence-electron chi connectivity index (χ0n) is 8.86. The Labute approximate surface area is 104 Å². The SMILES string of the molecule is NC(=O)N(N)c1cc(N(N)C(N)=O)c(C(=O)O)s1. The van der Waals surface area contributed by atoms with Crippen LogP contribution in [0.5, 0.6) is 0 Å². The molecule has 0 aliphatic rings. The van der Waals surface area contributed by atoms with E-state index < -0.39 is 18.0 Å². The molecule has 0 aliphatic heterocycles. The van der Waals surface area contributed by atoms with Gasteiger partial charge in [0.2, 0.25) is 0 Å². The van der Waals surface area contributed by atoms with E-state index in [9.17, 15) is 14.4 Å². The normalized spacial score (nSPS) is 9.89. The quantitative estimate of drug-likeness (QED) is 0.266. The van der Waals surface area contributed by atoms with E-state index in [4.69, 9.17) is 28.3 Å². The van der Waals surface area contributed by atoms with Gasteiger partial charge >= 0.3 is 18.0 Å². The molecule has 0 unspecified atom stereocenters. The Bertz CT molecular complexity index is 514. The Morgan fingerprint density at radius 2 is 1.61 bits per heavy atom. The van der Waals surface area contributed by atoms with Crippen LogP contribution in [0.2, 0.25) is 0 Å². The molecule has 0 bridgehead atoms. The average molecular weight is 274 g/mol. The van der Waals surface area contributed by atoms with Crippen molar-refractivity contribution in [2.45, 2.75) is 0 Å². The van der Waals surface area contributed by atoms with E-state index in [-0.39, 0.29) is 15.6 Å². The number of rotatable bonds is 3. The van der Waals surface area contributed by atoms with Crippen LogP contribution in [0.15, 0.2) is 6.07 Å². The summed E-state index contributed by atoms with van der Waals surface area (Å²) in [5.74, 6) is 9.24. The fourth-order valence-corrected chi connectivity index (χ4v) is 1.96. The summed E-state index contributed by atoms with van der Waals surface area (Å²) >= 11 is 0.621. The zero-order chi connectivity index (χ0) is 14.0. The van der Waals surface area contributed by atoms with E-state index in [1.165, 1.54) is 0 Å². The molecule has 9 N–H and O–H groups in total. The maximum atomic E-state index is 11.0. The standard InChI is InChI=1S/C7H10N6O4S/c8-6(16)12(10)2-1-3(13(11)7(9)17)18-4(2)5(14)15/h1H,10-11H2,(H2,8,16)(H2,9,17)(H,14,15). The molecule has 10 nitrogen and oxygen atoms in total. The van der Waals surface area contributed by atoms with Crippen molar-refractivity contribution in [3.63, 3.8) is 0 Å². The van der Waals surface area contributed by atoms with Crippen LogP contribution in [0.4, 0.5) is 20.3 Å². The van der Waals surface area contributed by atoms with Gasteiger partial charge in [0.05, 0.1) is 5.69 Å². The Morgan fingerprint density at radius 1 is 1.11 bits per heavy atom. The molecular formula is C7H10N6O4S. The third-order valence-electron chi connectivity index (χ3n) is 1.87. The number of hydrogen-bond donors (Lipinski definition) is 5. The largest absolute Gasteiger partial charge is 0.477 e. The van der Waals surface area contributed by atoms with E-state index in [2.05, 4.69) is 0 Å². The molecule has 0 radical (unpaired) electrons. The number of primary amides is 2. The molecule has 18 heavy (non-hydrogen) atoms. The minimum absolute atomic E-state index is 0.00611. The molecule has 0 saturated carbocycles. The third-order valence-corrected chi connectivity index (χ3v) is 2.98. The van der Waals surface area contributed by atoms with Crippen LogP contribution in [0.3, 0.4) is 0 Å². The van der Waals surface area contributed by atoms with Gasteiger partial charge in [-0.3, -0.25) is 0 Å². The molecule has 4 amide bonds. The van der Waals surface area contributed by atoms with Crippen molar-refractivity contribution in [3.8, 4) is 0 Å². The number of amides is 4. The van der Waals surface area contributed by atoms with E-state index >= 15 is 0 Å². The number of aromatic carboxylic acids is 1. The maximum absolute atomic E-state index is 11.0. The third kappa shape index (κ3) is 2.48. The van der Waals surface area contributed by atoms with Crippen molar-refractivity contribution in [1.82, 2.24) is 0 Å². The number of anilines is 2. The lowest BCUT2D eigenvalue weighted by molar-refractivity contribution is 0.0703. The van der Waals surface area contributed by atoms with Crippen molar-refractivity contribution < 1.29 is 19.5 Å². The molecule has 1 rings (SSSR count). The summed E-state index contributed by atoms with van der Waals surface area (Å²) in [5.41, 5.74) is 9.66. The van der Waals surface area contributed by atoms with Crippen LogP contribution >= 0.6 is 11.3 Å². The molecule has 0 saturated heterocycles. The zero-order valence-corrected chi connectivity index (χ0v) is 9.68. The topological polar surface area (TPSA) is 182 Å². The monoisotopic (exact) mass is 274 g/mol. The van der Waals surface area contributed by atoms with Crippen LogP contribution in [0, 0.1) is 0 Å². The smallest absolute Gasteiger partial charge is 0.348 e. The Balaban J connectivity index is 3.29. The lowest BCUT2D eigenvalue weighted by Gasteiger charge is -2.12. The Morgan fingerprint density at radius 3 is 2.00 bits per heavy atom. The number of urea groups is 2. The maximum Gasteiger partial charge on any atom is 0.348 e. The summed E-state index contributed by atoms with van der Waals surface area (Å²) in [6.07, 6.45) is 0. The first-order valence-corrected chi connectivity index (χ1v) is 5.13. The fourth-order valence-electron chi connectivity index (χ4n) is 1.05. The number of thiophene rings is 1. The van der Waals surface area contributed by atoms with Gasteiger partial charge in [-0.2, -0.15) is 0 Å². The second kappa shape index (κ2) is 4.87. The summed E-state index contributed by atoms with van der Waals surface area (Å²) in [6, 6.07) is -0.948. The van der Waals surface area contributed by atoms with E-state index in [0.29, 0.717) is 21.4 Å². The number of carbonyl (C=O) groups is 3. The molecule has 11 heteroatoms. The minimum atomic E-state index is -1.35. The number of carboxylic acid groups (broad SMARTS) is 1. The summed E-state index contributed by atoms with van der Waals surface area (Å²) in [6.45, 7) is 0. The molecule has 0 fully saturated rings. The van der Waals surface area contributed by atoms with Gasteiger partial charge in [-0.25, -0.2) is 36.1 Å². The van der Waals surface area contributed by atoms with Gasteiger partial charge in [-0.1, -0.05) is 0 Å². The first-order valence-electron chi connectivity index (χ1n) is 4.31. The lowest BCUT2D eigenvalue weighted by Crippen LogP contribution is -2.42. The molecule has 0 aliphatic carbocycles. The molecule has 98 valence electrons. The summed E-state index contributed by atoms with van der Waals surface area (Å²) in [4.78, 5) is 32.4. The highest BCUT2D eigenvalue weighted by atomic mass is 32.1. The summed E-state index contributed by atoms with van der Waals surface area (Å²) < 4.78 is 0.